The molecule has 1 aliphatic rings. The number of nitrogens with one attached hydrogen (secondary N) is 1. The molecule has 2 aromatic rings. The van der Waals surface area contributed by atoms with Crippen molar-refractivity contribution in [1.82, 2.24) is 9.78 Å². The zero-order valence-electron chi connectivity index (χ0n) is 12.5. The van der Waals surface area contributed by atoms with E-state index in [2.05, 4.69) is 10.4 Å². The predicted molar refractivity (Wildman–Crippen MR) is 79.0 cm³/mol. The Labute approximate surface area is 135 Å². The average molecular weight is 334 g/mol. The summed E-state index contributed by atoms with van der Waals surface area (Å²) in [7, 11) is 0. The van der Waals surface area contributed by atoms with E-state index in [0.29, 0.717) is 11.4 Å². The summed E-state index contributed by atoms with van der Waals surface area (Å²) in [6.45, 7) is -0.332. The molecule has 3 rings (SSSR count). The van der Waals surface area contributed by atoms with Crippen molar-refractivity contribution in [3.63, 3.8) is 0 Å². The first-order valence-electron chi connectivity index (χ1n) is 7.32. The van der Waals surface area contributed by atoms with Gasteiger partial charge < -0.3 is 5.32 Å². The van der Waals surface area contributed by atoms with Gasteiger partial charge in [0.2, 0.25) is 5.91 Å². The quantitative estimate of drug-likeness (QED) is 0.933. The average Bonchev–Trinajstić information content (AvgIpc) is 3.27. The van der Waals surface area contributed by atoms with Gasteiger partial charge in [0, 0.05) is 11.6 Å². The largest absolute Gasteiger partial charge is 0.435 e. The van der Waals surface area contributed by atoms with Gasteiger partial charge >= 0.3 is 6.18 Å². The fourth-order valence-corrected chi connectivity index (χ4v) is 2.42. The smallest absolute Gasteiger partial charge is 0.323 e. The van der Waals surface area contributed by atoms with E-state index in [0.717, 1.165) is 23.6 Å². The van der Waals surface area contributed by atoms with Crippen molar-refractivity contribution in [3.05, 3.63) is 47.3 Å². The number of nitriles is 1. The second kappa shape index (κ2) is 6.00. The van der Waals surface area contributed by atoms with Crippen LogP contribution in [0.2, 0.25) is 0 Å². The third-order valence-electron chi connectivity index (χ3n) is 3.71. The lowest BCUT2D eigenvalue weighted by Gasteiger charge is -2.09. The number of amides is 1. The zero-order valence-corrected chi connectivity index (χ0v) is 12.5. The van der Waals surface area contributed by atoms with E-state index < -0.39 is 17.8 Å². The lowest BCUT2D eigenvalue weighted by atomic mass is 10.2. The maximum atomic E-state index is 12.8. The highest BCUT2D eigenvalue weighted by Crippen LogP contribution is 2.42. The molecule has 5 nitrogen and oxygen atoms in total. The minimum Gasteiger partial charge on any atom is -0.323 e. The number of nitrogens with zero attached hydrogens (tertiary/aromatic N) is 3. The molecular formula is C16H13F3N4O. The van der Waals surface area contributed by atoms with Crippen LogP contribution in [0.3, 0.4) is 0 Å². The third kappa shape index (κ3) is 3.40. The van der Waals surface area contributed by atoms with E-state index in [4.69, 9.17) is 5.26 Å². The molecule has 1 saturated carbocycles. The Morgan fingerprint density at radius 2 is 2.08 bits per heavy atom. The fraction of sp³-hybridized carbons (Fsp3) is 0.312. The second-order valence-corrected chi connectivity index (χ2v) is 5.59. The van der Waals surface area contributed by atoms with Crippen LogP contribution in [0.1, 0.15) is 35.7 Å². The van der Waals surface area contributed by atoms with Gasteiger partial charge in [-0.1, -0.05) is 12.1 Å². The Balaban J connectivity index is 1.79. The van der Waals surface area contributed by atoms with Crippen molar-refractivity contribution >= 4 is 11.6 Å². The number of alkyl halides is 3. The van der Waals surface area contributed by atoms with Crippen molar-refractivity contribution in [2.24, 2.45) is 0 Å². The van der Waals surface area contributed by atoms with Gasteiger partial charge in [0.05, 0.1) is 11.3 Å². The number of rotatable bonds is 4. The molecule has 1 aromatic carbocycles. The van der Waals surface area contributed by atoms with E-state index in [-0.39, 0.29) is 18.0 Å². The number of carbonyl (C=O) groups excluding carboxylic acids is 1. The van der Waals surface area contributed by atoms with Crippen molar-refractivity contribution < 1.29 is 18.0 Å². The van der Waals surface area contributed by atoms with Gasteiger partial charge in [-0.05, 0) is 31.0 Å². The first kappa shape index (κ1) is 16.1. The molecule has 0 unspecified atom stereocenters. The van der Waals surface area contributed by atoms with Crippen molar-refractivity contribution in [3.8, 4) is 6.07 Å². The van der Waals surface area contributed by atoms with Crippen LogP contribution in [-0.2, 0) is 17.5 Å². The molecule has 1 amide bonds. The van der Waals surface area contributed by atoms with Crippen molar-refractivity contribution in [2.75, 3.05) is 5.32 Å². The standard InChI is InChI=1S/C16H13F3N4O/c17-16(18,19)14-7-13(10-5-6-10)23(22-14)9-15(24)21-12-4-2-1-3-11(12)8-20/h1-4,7,10H,5-6,9H2,(H,21,24). The van der Waals surface area contributed by atoms with E-state index >= 15 is 0 Å². The summed E-state index contributed by atoms with van der Waals surface area (Å²) in [6.07, 6.45) is -2.96. The van der Waals surface area contributed by atoms with E-state index in [1.165, 1.54) is 0 Å². The summed E-state index contributed by atoms with van der Waals surface area (Å²) in [5, 5.41) is 15.1. The second-order valence-electron chi connectivity index (χ2n) is 5.59. The summed E-state index contributed by atoms with van der Waals surface area (Å²) in [5.74, 6) is -0.510. The molecule has 1 aliphatic carbocycles. The molecule has 8 heteroatoms. The summed E-state index contributed by atoms with van der Waals surface area (Å²) >= 11 is 0. The summed E-state index contributed by atoms with van der Waals surface area (Å²) < 4.78 is 39.6. The highest BCUT2D eigenvalue weighted by molar-refractivity contribution is 5.91. The topological polar surface area (TPSA) is 70.7 Å². The molecule has 0 atom stereocenters. The van der Waals surface area contributed by atoms with Crippen LogP contribution >= 0.6 is 0 Å². The van der Waals surface area contributed by atoms with Crippen molar-refractivity contribution in [1.29, 1.82) is 5.26 Å². The minimum absolute atomic E-state index is 0.0211. The number of aromatic nitrogens is 2. The summed E-state index contributed by atoms with van der Waals surface area (Å²) in [6, 6.07) is 9.36. The predicted octanol–water partition coefficient (Wildman–Crippen LogP) is 3.29. The SMILES string of the molecule is N#Cc1ccccc1NC(=O)Cn1nc(C(F)(F)F)cc1C1CC1. The Morgan fingerprint density at radius 1 is 1.38 bits per heavy atom. The Kier molecular flexibility index (Phi) is 4.01. The van der Waals surface area contributed by atoms with Gasteiger partial charge in [0.1, 0.15) is 12.6 Å². The highest BCUT2D eigenvalue weighted by atomic mass is 19.4. The lowest BCUT2D eigenvalue weighted by molar-refractivity contribution is -0.141. The monoisotopic (exact) mass is 334 g/mol. The molecule has 1 aromatic heterocycles. The maximum absolute atomic E-state index is 12.8. The van der Waals surface area contributed by atoms with Gasteiger partial charge in [-0.15, -0.1) is 0 Å². The molecule has 24 heavy (non-hydrogen) atoms. The van der Waals surface area contributed by atoms with Crippen molar-refractivity contribution in [2.45, 2.75) is 31.5 Å². The van der Waals surface area contributed by atoms with Crippen LogP contribution in [0.5, 0.6) is 0 Å². The molecule has 124 valence electrons. The molecule has 0 spiro atoms. The van der Waals surface area contributed by atoms with Crippen LogP contribution in [0.4, 0.5) is 18.9 Å². The molecule has 1 N–H and O–H groups in total. The number of para-hydroxylation sites is 1. The third-order valence-corrected chi connectivity index (χ3v) is 3.71. The molecule has 0 saturated heterocycles. The van der Waals surface area contributed by atoms with Crippen LogP contribution in [0.25, 0.3) is 0 Å². The van der Waals surface area contributed by atoms with E-state index in [9.17, 15) is 18.0 Å². The number of halogens is 3. The molecule has 0 aliphatic heterocycles. The van der Waals surface area contributed by atoms with Crippen LogP contribution in [-0.4, -0.2) is 15.7 Å². The number of hydrogen-bond acceptors (Lipinski definition) is 3. The maximum Gasteiger partial charge on any atom is 0.435 e. The lowest BCUT2D eigenvalue weighted by Crippen LogP contribution is -2.21. The van der Waals surface area contributed by atoms with Gasteiger partial charge in [0.25, 0.3) is 0 Å². The highest BCUT2D eigenvalue weighted by Gasteiger charge is 2.38. The van der Waals surface area contributed by atoms with Crippen LogP contribution in [0.15, 0.2) is 30.3 Å². The van der Waals surface area contributed by atoms with Gasteiger partial charge in [0.15, 0.2) is 5.69 Å². The van der Waals surface area contributed by atoms with E-state index in [1.54, 1.807) is 24.3 Å². The Morgan fingerprint density at radius 3 is 2.71 bits per heavy atom. The normalized spacial score (nSPS) is 14.2. The van der Waals surface area contributed by atoms with Gasteiger partial charge in [-0.2, -0.15) is 23.5 Å². The number of carbonyl (C=O) groups is 1. The van der Waals surface area contributed by atoms with Gasteiger partial charge in [-0.3, -0.25) is 9.48 Å². The molecular weight excluding hydrogens is 321 g/mol. The first-order chi connectivity index (χ1) is 11.4. The molecule has 0 bridgehead atoms. The minimum atomic E-state index is -4.54. The van der Waals surface area contributed by atoms with E-state index in [1.807, 2.05) is 6.07 Å². The number of benzene rings is 1. The first-order valence-corrected chi connectivity index (χ1v) is 7.32. The molecule has 1 fully saturated rings. The number of hydrogen-bond donors (Lipinski definition) is 1. The zero-order chi connectivity index (χ0) is 17.3. The molecule has 0 radical (unpaired) electrons. The molecule has 1 heterocycles. The Bertz CT molecular complexity index is 815. The van der Waals surface area contributed by atoms with Gasteiger partial charge in [-0.25, -0.2) is 0 Å². The number of anilines is 1. The summed E-state index contributed by atoms with van der Waals surface area (Å²) in [4.78, 5) is 12.1. The fourth-order valence-electron chi connectivity index (χ4n) is 2.42. The Hall–Kier alpha value is -2.82. The van der Waals surface area contributed by atoms with Crippen LogP contribution in [0, 0.1) is 11.3 Å². The summed E-state index contributed by atoms with van der Waals surface area (Å²) in [5.41, 5.74) is 0.0338. The van der Waals surface area contributed by atoms with Crippen LogP contribution < -0.4 is 5.32 Å².